The number of hydrogen-bond acceptors (Lipinski definition) is 5. The first-order valence-corrected chi connectivity index (χ1v) is 5.99. The summed E-state index contributed by atoms with van der Waals surface area (Å²) in [6.45, 7) is 3.36. The number of aromatic nitrogens is 1. The van der Waals surface area contributed by atoms with E-state index in [1.54, 1.807) is 12.3 Å². The lowest BCUT2D eigenvalue weighted by molar-refractivity contribution is 0.159. The van der Waals surface area contributed by atoms with Crippen LogP contribution in [0, 0.1) is 0 Å². The molecular weight excluding hydrogens is 232 g/mol. The lowest BCUT2D eigenvalue weighted by atomic mass is 10.2. The van der Waals surface area contributed by atoms with E-state index in [2.05, 4.69) is 15.5 Å². The molecular formula is C12H20N4O2. The number of amidine groups is 1. The predicted molar refractivity (Wildman–Crippen MR) is 69.4 cm³/mol. The van der Waals surface area contributed by atoms with E-state index < -0.39 is 0 Å². The van der Waals surface area contributed by atoms with Gasteiger partial charge < -0.3 is 21.4 Å². The monoisotopic (exact) mass is 252 g/mol. The molecule has 1 atom stereocenters. The minimum atomic E-state index is -0.248. The number of nitrogens with two attached hydrogens (primary N) is 1. The van der Waals surface area contributed by atoms with Crippen LogP contribution in [0.25, 0.3) is 0 Å². The summed E-state index contributed by atoms with van der Waals surface area (Å²) in [6, 6.07) is 3.62. The summed E-state index contributed by atoms with van der Waals surface area (Å²) < 4.78 is 0. The molecule has 0 saturated heterocycles. The molecule has 0 bridgehead atoms. The van der Waals surface area contributed by atoms with Gasteiger partial charge >= 0.3 is 0 Å². The van der Waals surface area contributed by atoms with Gasteiger partial charge in [-0.05, 0) is 37.1 Å². The highest BCUT2D eigenvalue weighted by atomic mass is 16.4. The molecule has 0 amide bonds. The van der Waals surface area contributed by atoms with E-state index in [1.807, 2.05) is 13.0 Å². The molecule has 0 saturated carbocycles. The van der Waals surface area contributed by atoms with Crippen LogP contribution in [0.3, 0.4) is 0 Å². The second-order valence-corrected chi connectivity index (χ2v) is 4.06. The van der Waals surface area contributed by atoms with Gasteiger partial charge in [0.25, 0.3) is 0 Å². The standard InChI is InChI=1S/C12H20N4O2/c1-2-10(17)4-5-14-8-9-3-6-15-11(7-9)12(13)16-18/h3,6-7,10,14,17-18H,2,4-5,8H2,1H3,(H2,13,16). The van der Waals surface area contributed by atoms with Crippen molar-refractivity contribution in [3.8, 4) is 0 Å². The zero-order chi connectivity index (χ0) is 13.4. The van der Waals surface area contributed by atoms with E-state index in [1.165, 1.54) is 0 Å². The summed E-state index contributed by atoms with van der Waals surface area (Å²) in [5.74, 6) is -0.00162. The van der Waals surface area contributed by atoms with Crippen molar-refractivity contribution in [2.24, 2.45) is 10.9 Å². The maximum atomic E-state index is 9.39. The van der Waals surface area contributed by atoms with E-state index in [-0.39, 0.29) is 11.9 Å². The molecule has 1 heterocycles. The van der Waals surface area contributed by atoms with Crippen LogP contribution in [0.15, 0.2) is 23.5 Å². The molecule has 0 aromatic carbocycles. The molecule has 0 fully saturated rings. The molecule has 0 aliphatic carbocycles. The summed E-state index contributed by atoms with van der Waals surface area (Å²) in [5.41, 5.74) is 6.91. The lowest BCUT2D eigenvalue weighted by Crippen LogP contribution is -2.20. The zero-order valence-electron chi connectivity index (χ0n) is 10.5. The van der Waals surface area contributed by atoms with Gasteiger partial charge in [0, 0.05) is 12.7 Å². The second kappa shape index (κ2) is 7.62. The molecule has 18 heavy (non-hydrogen) atoms. The molecule has 0 spiro atoms. The Hall–Kier alpha value is -1.66. The average molecular weight is 252 g/mol. The fourth-order valence-electron chi connectivity index (χ4n) is 1.48. The van der Waals surface area contributed by atoms with Gasteiger partial charge in [-0.15, -0.1) is 0 Å². The Morgan fingerprint density at radius 1 is 1.61 bits per heavy atom. The number of aliphatic hydroxyl groups excluding tert-OH is 1. The van der Waals surface area contributed by atoms with E-state index in [4.69, 9.17) is 10.9 Å². The van der Waals surface area contributed by atoms with Crippen molar-refractivity contribution in [1.82, 2.24) is 10.3 Å². The van der Waals surface area contributed by atoms with Crippen molar-refractivity contribution >= 4 is 5.84 Å². The third-order valence-electron chi connectivity index (χ3n) is 2.65. The van der Waals surface area contributed by atoms with Crippen LogP contribution in [-0.2, 0) is 6.54 Å². The van der Waals surface area contributed by atoms with Gasteiger partial charge in [-0.25, -0.2) is 0 Å². The molecule has 1 rings (SSSR count). The molecule has 100 valence electrons. The normalized spacial score (nSPS) is 13.6. The van der Waals surface area contributed by atoms with E-state index >= 15 is 0 Å². The number of aliphatic hydroxyl groups is 1. The minimum Gasteiger partial charge on any atom is -0.409 e. The first-order chi connectivity index (χ1) is 8.67. The Labute approximate surface area is 107 Å². The van der Waals surface area contributed by atoms with E-state index in [0.717, 1.165) is 24.9 Å². The van der Waals surface area contributed by atoms with Crippen molar-refractivity contribution < 1.29 is 10.3 Å². The minimum absolute atomic E-state index is 0.00162. The molecule has 6 nitrogen and oxygen atoms in total. The molecule has 5 N–H and O–H groups in total. The Bertz CT molecular complexity index is 395. The molecule has 0 aliphatic heterocycles. The van der Waals surface area contributed by atoms with Crippen molar-refractivity contribution in [3.63, 3.8) is 0 Å². The largest absolute Gasteiger partial charge is 0.409 e. The fraction of sp³-hybridized carbons (Fsp3) is 0.500. The summed E-state index contributed by atoms with van der Waals surface area (Å²) in [6.07, 6.45) is 2.87. The number of nitrogens with one attached hydrogen (secondary N) is 1. The zero-order valence-corrected chi connectivity index (χ0v) is 10.5. The summed E-state index contributed by atoms with van der Waals surface area (Å²) in [4.78, 5) is 4.00. The predicted octanol–water partition coefficient (Wildman–Crippen LogP) is 0.427. The smallest absolute Gasteiger partial charge is 0.188 e. The maximum Gasteiger partial charge on any atom is 0.188 e. The van der Waals surface area contributed by atoms with Crippen molar-refractivity contribution in [3.05, 3.63) is 29.6 Å². The highest BCUT2D eigenvalue weighted by Crippen LogP contribution is 2.02. The van der Waals surface area contributed by atoms with E-state index in [9.17, 15) is 5.11 Å². The van der Waals surface area contributed by atoms with Gasteiger partial charge in [0.1, 0.15) is 5.69 Å². The van der Waals surface area contributed by atoms with Gasteiger partial charge in [-0.1, -0.05) is 12.1 Å². The molecule has 1 aromatic heterocycles. The van der Waals surface area contributed by atoms with Gasteiger partial charge in [0.05, 0.1) is 6.10 Å². The van der Waals surface area contributed by atoms with Crippen LogP contribution in [0.1, 0.15) is 31.0 Å². The highest BCUT2D eigenvalue weighted by Gasteiger charge is 2.03. The van der Waals surface area contributed by atoms with Crippen LogP contribution >= 0.6 is 0 Å². The molecule has 1 aromatic rings. The Morgan fingerprint density at radius 2 is 2.39 bits per heavy atom. The SMILES string of the molecule is CCC(O)CCNCc1ccnc(/C(N)=N/O)c1. The summed E-state index contributed by atoms with van der Waals surface area (Å²) >= 11 is 0. The van der Waals surface area contributed by atoms with Crippen molar-refractivity contribution in [1.29, 1.82) is 0 Å². The highest BCUT2D eigenvalue weighted by molar-refractivity contribution is 5.95. The Kier molecular flexibility index (Phi) is 6.10. The van der Waals surface area contributed by atoms with Gasteiger partial charge in [0.2, 0.25) is 0 Å². The summed E-state index contributed by atoms with van der Waals surface area (Å²) in [7, 11) is 0. The summed E-state index contributed by atoms with van der Waals surface area (Å²) in [5, 5.41) is 24.1. The Morgan fingerprint density at radius 3 is 3.06 bits per heavy atom. The van der Waals surface area contributed by atoms with Crippen molar-refractivity contribution in [2.45, 2.75) is 32.4 Å². The van der Waals surface area contributed by atoms with Crippen LogP contribution in [0.5, 0.6) is 0 Å². The van der Waals surface area contributed by atoms with Crippen LogP contribution in [-0.4, -0.2) is 33.8 Å². The van der Waals surface area contributed by atoms with E-state index in [0.29, 0.717) is 12.2 Å². The van der Waals surface area contributed by atoms with Gasteiger partial charge in [-0.3, -0.25) is 4.98 Å². The Balaban J connectivity index is 2.43. The number of oxime groups is 1. The number of hydrogen-bond donors (Lipinski definition) is 4. The maximum absolute atomic E-state index is 9.39. The number of nitrogens with zero attached hydrogens (tertiary/aromatic N) is 2. The first kappa shape index (κ1) is 14.4. The van der Waals surface area contributed by atoms with Gasteiger partial charge in [0.15, 0.2) is 5.84 Å². The molecule has 1 unspecified atom stereocenters. The molecule has 6 heteroatoms. The third-order valence-corrected chi connectivity index (χ3v) is 2.65. The molecule has 0 aliphatic rings. The van der Waals surface area contributed by atoms with Gasteiger partial charge in [-0.2, -0.15) is 0 Å². The first-order valence-electron chi connectivity index (χ1n) is 5.99. The van der Waals surface area contributed by atoms with Crippen molar-refractivity contribution in [2.75, 3.05) is 6.54 Å². The van der Waals surface area contributed by atoms with Crippen LogP contribution in [0.2, 0.25) is 0 Å². The second-order valence-electron chi connectivity index (χ2n) is 4.06. The van der Waals surface area contributed by atoms with Crippen LogP contribution < -0.4 is 11.1 Å². The lowest BCUT2D eigenvalue weighted by Gasteiger charge is -2.09. The average Bonchev–Trinajstić information content (AvgIpc) is 2.42. The fourth-order valence-corrected chi connectivity index (χ4v) is 1.48. The quantitative estimate of drug-likeness (QED) is 0.185. The third kappa shape index (κ3) is 4.68. The molecule has 0 radical (unpaired) electrons. The van der Waals surface area contributed by atoms with Crippen LogP contribution in [0.4, 0.5) is 0 Å². The topological polar surface area (TPSA) is 104 Å². The number of pyridine rings is 1. The number of rotatable bonds is 7.